The monoisotopic (exact) mass is 196 g/mol. The molecule has 1 aliphatic rings. The number of hydrogen-bond donors (Lipinski definition) is 2. The van der Waals surface area contributed by atoms with Gasteiger partial charge in [-0.3, -0.25) is 0 Å². The standard InChI is InChI=1S/C9H13N3O2/c13-5-1-4-11-6-8-2-3-10-9(14)12(8)7-11/h6-7,13H,1-5H2/p+1. The molecule has 0 aromatic carbocycles. The van der Waals surface area contributed by atoms with E-state index in [1.54, 1.807) is 10.9 Å². The maximum Gasteiger partial charge on any atom is 0.413 e. The van der Waals surface area contributed by atoms with Crippen LogP contribution < -0.4 is 9.88 Å². The quantitative estimate of drug-likeness (QED) is 0.626. The van der Waals surface area contributed by atoms with Crippen LogP contribution >= 0.6 is 0 Å². The molecule has 2 rings (SSSR count). The lowest BCUT2D eigenvalue weighted by Crippen LogP contribution is -2.37. The molecular weight excluding hydrogens is 182 g/mol. The maximum atomic E-state index is 11.4. The normalized spacial score (nSPS) is 15.1. The van der Waals surface area contributed by atoms with Crippen molar-refractivity contribution in [3.05, 3.63) is 18.2 Å². The fraction of sp³-hybridized carbons (Fsp3) is 0.556. The molecule has 76 valence electrons. The first-order chi connectivity index (χ1) is 6.81. The number of aliphatic hydroxyl groups is 1. The summed E-state index contributed by atoms with van der Waals surface area (Å²) >= 11 is 0. The number of carbonyl (C=O) groups is 1. The number of carbonyl (C=O) groups excluding carboxylic acids is 1. The Balaban J connectivity index is 2.17. The Morgan fingerprint density at radius 1 is 1.64 bits per heavy atom. The second kappa shape index (κ2) is 3.79. The number of aromatic nitrogens is 2. The van der Waals surface area contributed by atoms with Crippen LogP contribution in [0.3, 0.4) is 0 Å². The first-order valence-electron chi connectivity index (χ1n) is 4.80. The lowest BCUT2D eigenvalue weighted by molar-refractivity contribution is -0.696. The van der Waals surface area contributed by atoms with Crippen LogP contribution in [-0.2, 0) is 13.0 Å². The molecule has 0 spiro atoms. The van der Waals surface area contributed by atoms with Gasteiger partial charge in [0, 0.05) is 26.0 Å². The van der Waals surface area contributed by atoms with E-state index in [1.165, 1.54) is 0 Å². The van der Waals surface area contributed by atoms with Gasteiger partial charge in [0.2, 0.25) is 0 Å². The number of nitrogens with zero attached hydrogens (tertiary/aromatic N) is 2. The molecular formula is C9H14N3O2+. The fourth-order valence-corrected chi connectivity index (χ4v) is 1.64. The number of hydrogen-bond acceptors (Lipinski definition) is 2. The third-order valence-electron chi connectivity index (χ3n) is 2.34. The minimum Gasteiger partial charge on any atom is -0.396 e. The van der Waals surface area contributed by atoms with E-state index in [-0.39, 0.29) is 12.6 Å². The van der Waals surface area contributed by atoms with Gasteiger partial charge in [0.1, 0.15) is 6.20 Å². The molecule has 1 amide bonds. The van der Waals surface area contributed by atoms with Gasteiger partial charge in [0.05, 0.1) is 6.54 Å². The van der Waals surface area contributed by atoms with E-state index < -0.39 is 0 Å². The van der Waals surface area contributed by atoms with E-state index in [4.69, 9.17) is 5.11 Å². The van der Waals surface area contributed by atoms with Crippen molar-refractivity contribution in [2.24, 2.45) is 0 Å². The van der Waals surface area contributed by atoms with Gasteiger partial charge in [-0.05, 0) is 0 Å². The average Bonchev–Trinajstić information content (AvgIpc) is 2.59. The summed E-state index contributed by atoms with van der Waals surface area (Å²) in [5.74, 6) is 0. The Bertz CT molecular complexity index is 346. The van der Waals surface area contributed by atoms with E-state index in [0.717, 1.165) is 25.1 Å². The zero-order valence-corrected chi connectivity index (χ0v) is 7.94. The van der Waals surface area contributed by atoms with E-state index in [1.807, 2.05) is 10.8 Å². The van der Waals surface area contributed by atoms with Crippen LogP contribution in [0.2, 0.25) is 0 Å². The van der Waals surface area contributed by atoms with Crippen molar-refractivity contribution in [1.82, 2.24) is 9.88 Å². The molecule has 14 heavy (non-hydrogen) atoms. The summed E-state index contributed by atoms with van der Waals surface area (Å²) in [5, 5.41) is 11.5. The number of rotatable bonds is 3. The van der Waals surface area contributed by atoms with Crippen LogP contribution in [0.4, 0.5) is 4.79 Å². The molecule has 1 aromatic rings. The Morgan fingerprint density at radius 2 is 2.50 bits per heavy atom. The van der Waals surface area contributed by atoms with Crippen molar-refractivity contribution in [2.75, 3.05) is 13.2 Å². The Labute approximate surface area is 82.0 Å². The lowest BCUT2D eigenvalue weighted by atomic mass is 10.3. The Kier molecular flexibility index (Phi) is 2.49. The van der Waals surface area contributed by atoms with Gasteiger partial charge < -0.3 is 10.4 Å². The van der Waals surface area contributed by atoms with E-state index in [2.05, 4.69) is 5.32 Å². The molecule has 0 bridgehead atoms. The summed E-state index contributed by atoms with van der Waals surface area (Å²) in [4.78, 5) is 11.4. The minimum atomic E-state index is -0.0611. The summed E-state index contributed by atoms with van der Waals surface area (Å²) in [6, 6.07) is -0.0611. The van der Waals surface area contributed by atoms with Gasteiger partial charge in [0.15, 0.2) is 5.69 Å². The molecule has 1 aliphatic heterocycles. The highest BCUT2D eigenvalue weighted by atomic mass is 16.3. The predicted molar refractivity (Wildman–Crippen MR) is 48.8 cm³/mol. The van der Waals surface area contributed by atoms with Gasteiger partial charge in [-0.25, -0.2) is 9.36 Å². The Morgan fingerprint density at radius 3 is 3.21 bits per heavy atom. The molecule has 0 unspecified atom stereocenters. The number of aliphatic hydroxyl groups excluding tert-OH is 1. The second-order valence-corrected chi connectivity index (χ2v) is 3.40. The van der Waals surface area contributed by atoms with Gasteiger partial charge in [0.25, 0.3) is 6.33 Å². The highest BCUT2D eigenvalue weighted by molar-refractivity contribution is 5.77. The smallest absolute Gasteiger partial charge is 0.396 e. The number of fused-ring (bicyclic) bond motifs is 1. The predicted octanol–water partition coefficient (Wildman–Crippen LogP) is -0.728. The van der Waals surface area contributed by atoms with Crippen LogP contribution in [0.1, 0.15) is 12.1 Å². The molecule has 2 heterocycles. The van der Waals surface area contributed by atoms with Crippen molar-refractivity contribution in [2.45, 2.75) is 19.4 Å². The van der Waals surface area contributed by atoms with Crippen LogP contribution in [0.15, 0.2) is 12.5 Å². The third kappa shape index (κ3) is 1.63. The first-order valence-corrected chi connectivity index (χ1v) is 4.80. The van der Waals surface area contributed by atoms with Crippen molar-refractivity contribution >= 4 is 6.03 Å². The molecule has 0 radical (unpaired) electrons. The van der Waals surface area contributed by atoms with E-state index >= 15 is 0 Å². The molecule has 5 heteroatoms. The molecule has 0 fully saturated rings. The SMILES string of the molecule is O=C1NCCc2c[n+](CCCO)cn21. The zero-order valence-electron chi connectivity index (χ0n) is 7.94. The molecule has 0 saturated carbocycles. The minimum absolute atomic E-state index is 0.0611. The summed E-state index contributed by atoms with van der Waals surface area (Å²) in [5.41, 5.74) is 1.03. The molecule has 5 nitrogen and oxygen atoms in total. The largest absolute Gasteiger partial charge is 0.413 e. The van der Waals surface area contributed by atoms with E-state index in [9.17, 15) is 4.79 Å². The molecule has 0 atom stereocenters. The number of amides is 1. The fourth-order valence-electron chi connectivity index (χ4n) is 1.64. The number of nitrogens with one attached hydrogen (secondary N) is 1. The average molecular weight is 196 g/mol. The topological polar surface area (TPSA) is 58.1 Å². The van der Waals surface area contributed by atoms with Crippen molar-refractivity contribution in [3.63, 3.8) is 0 Å². The number of imidazole rings is 1. The second-order valence-electron chi connectivity index (χ2n) is 3.40. The van der Waals surface area contributed by atoms with Crippen LogP contribution in [-0.4, -0.2) is 28.9 Å². The first kappa shape index (κ1) is 9.21. The van der Waals surface area contributed by atoms with Crippen molar-refractivity contribution in [3.8, 4) is 0 Å². The molecule has 0 saturated heterocycles. The van der Waals surface area contributed by atoms with Crippen LogP contribution in [0, 0.1) is 0 Å². The van der Waals surface area contributed by atoms with Crippen LogP contribution in [0.5, 0.6) is 0 Å². The summed E-state index contributed by atoms with van der Waals surface area (Å²) in [6.45, 7) is 1.65. The lowest BCUT2D eigenvalue weighted by Gasteiger charge is -2.07. The maximum absolute atomic E-state index is 11.4. The van der Waals surface area contributed by atoms with Crippen molar-refractivity contribution < 1.29 is 14.5 Å². The highest BCUT2D eigenvalue weighted by Gasteiger charge is 2.23. The van der Waals surface area contributed by atoms with Gasteiger partial charge in [-0.15, -0.1) is 4.57 Å². The third-order valence-corrected chi connectivity index (χ3v) is 2.34. The summed E-state index contributed by atoms with van der Waals surface area (Å²) < 4.78 is 3.57. The van der Waals surface area contributed by atoms with Crippen LogP contribution in [0.25, 0.3) is 0 Å². The summed E-state index contributed by atoms with van der Waals surface area (Å²) in [6.07, 6.45) is 5.33. The number of aryl methyl sites for hydroxylation is 1. The summed E-state index contributed by atoms with van der Waals surface area (Å²) in [7, 11) is 0. The molecule has 0 aliphatic carbocycles. The zero-order chi connectivity index (χ0) is 9.97. The van der Waals surface area contributed by atoms with Gasteiger partial charge >= 0.3 is 6.03 Å². The Hall–Kier alpha value is -1.36. The van der Waals surface area contributed by atoms with Gasteiger partial charge in [-0.2, -0.15) is 0 Å². The van der Waals surface area contributed by atoms with Crippen molar-refractivity contribution in [1.29, 1.82) is 0 Å². The van der Waals surface area contributed by atoms with Gasteiger partial charge in [-0.1, -0.05) is 0 Å². The molecule has 2 N–H and O–H groups in total. The molecule has 1 aromatic heterocycles. The highest BCUT2D eigenvalue weighted by Crippen LogP contribution is 2.02. The van der Waals surface area contributed by atoms with E-state index in [0.29, 0.717) is 6.54 Å².